The molecule has 12 nitrogen and oxygen atoms in total. The molecule has 3 amide bonds. The molecule has 2 aliphatic carbocycles. The molecule has 3 aliphatic rings. The quantitative estimate of drug-likeness (QED) is 0.250. The number of methoxy groups -OCH3 is 1. The van der Waals surface area contributed by atoms with E-state index in [4.69, 9.17) is 14.2 Å². The van der Waals surface area contributed by atoms with E-state index < -0.39 is 50.7 Å². The average molecular weight is 742 g/mol. The monoisotopic (exact) mass is 740 g/mol. The van der Waals surface area contributed by atoms with Gasteiger partial charge in [-0.2, -0.15) is 0 Å². The molecule has 0 bridgehead atoms. The predicted molar refractivity (Wildman–Crippen MR) is 181 cm³/mol. The number of hydrogen-bond donors (Lipinski definition) is 2. The van der Waals surface area contributed by atoms with E-state index in [-0.39, 0.29) is 31.7 Å². The van der Waals surface area contributed by atoms with Gasteiger partial charge in [0, 0.05) is 23.8 Å². The molecule has 2 heterocycles. The number of ether oxygens (including phenoxy) is 3. The second-order valence-electron chi connectivity index (χ2n) is 12.3. The van der Waals surface area contributed by atoms with E-state index in [0.29, 0.717) is 52.2 Å². The van der Waals surface area contributed by atoms with Crippen LogP contribution in [0.15, 0.2) is 65.7 Å². The Kier molecular flexibility index (Phi) is 9.40. The Morgan fingerprint density at radius 2 is 1.90 bits per heavy atom. The van der Waals surface area contributed by atoms with E-state index in [2.05, 4.69) is 37.5 Å². The third-order valence-corrected chi connectivity index (χ3v) is 11.5. The van der Waals surface area contributed by atoms with Crippen LogP contribution >= 0.6 is 15.9 Å². The summed E-state index contributed by atoms with van der Waals surface area (Å²) >= 11 is 3.57. The topological polar surface area (TPSA) is 153 Å². The SMILES string of the molecule is C=CC1C[C@]1(NC(=O)[C@@H]1C[C@@H](Oc2cc(OCC)nc3c(Br)c(OC)ccc23)CN1C(=O)Cc1ccccc1)C(=O)NS(=O)(=O)C1CC1. The average Bonchev–Trinajstić information content (AvgIpc) is 3.99. The zero-order valence-electron chi connectivity index (χ0n) is 26.6. The summed E-state index contributed by atoms with van der Waals surface area (Å²) in [5.41, 5.74) is -0.147. The predicted octanol–water partition coefficient (Wildman–Crippen LogP) is 3.66. The highest BCUT2D eigenvalue weighted by Crippen LogP contribution is 2.46. The smallest absolute Gasteiger partial charge is 0.259 e. The van der Waals surface area contributed by atoms with Crippen molar-refractivity contribution in [1.29, 1.82) is 0 Å². The van der Waals surface area contributed by atoms with Crippen LogP contribution in [0.4, 0.5) is 0 Å². The van der Waals surface area contributed by atoms with Gasteiger partial charge in [0.2, 0.25) is 27.7 Å². The molecule has 1 aliphatic heterocycles. The highest BCUT2D eigenvalue weighted by molar-refractivity contribution is 9.10. The van der Waals surface area contributed by atoms with E-state index in [0.717, 1.165) is 5.56 Å². The fraction of sp³-hybridized carbons (Fsp3) is 0.412. The Morgan fingerprint density at radius 3 is 2.54 bits per heavy atom. The van der Waals surface area contributed by atoms with Crippen molar-refractivity contribution < 1.29 is 37.0 Å². The number of fused-ring (bicyclic) bond motifs is 1. The number of carbonyl (C=O) groups excluding carboxylic acids is 3. The Bertz CT molecular complexity index is 1870. The maximum atomic E-state index is 14.0. The molecular weight excluding hydrogens is 704 g/mol. The lowest BCUT2D eigenvalue weighted by molar-refractivity contribution is -0.139. The van der Waals surface area contributed by atoms with Gasteiger partial charge in [-0.15, -0.1) is 6.58 Å². The number of nitrogens with one attached hydrogen (secondary N) is 2. The number of amides is 3. The molecule has 1 unspecified atom stereocenters. The van der Waals surface area contributed by atoms with Crippen molar-refractivity contribution in [3.63, 3.8) is 0 Å². The number of nitrogens with zero attached hydrogens (tertiary/aromatic N) is 2. The van der Waals surface area contributed by atoms with Crippen LogP contribution in [0, 0.1) is 5.92 Å². The van der Waals surface area contributed by atoms with Gasteiger partial charge in [-0.25, -0.2) is 13.4 Å². The Hall–Kier alpha value is -4.17. The maximum Gasteiger partial charge on any atom is 0.259 e. The van der Waals surface area contributed by atoms with Crippen molar-refractivity contribution in [3.05, 3.63) is 71.2 Å². The van der Waals surface area contributed by atoms with Gasteiger partial charge in [0.05, 0.1) is 41.9 Å². The number of rotatable bonds is 13. The Labute approximate surface area is 287 Å². The van der Waals surface area contributed by atoms with E-state index in [1.807, 2.05) is 43.3 Å². The summed E-state index contributed by atoms with van der Waals surface area (Å²) in [5.74, 6) is -0.777. The zero-order valence-corrected chi connectivity index (χ0v) is 29.0. The standard InChI is InChI=1S/C34H37BrN4O8S/c1-4-21-18-34(21,33(42)38-48(43,44)23-11-12-23)37-32(41)25-16-22(19-39(25)29(40)15-20-9-7-6-8-10-20)47-27-17-28(46-5-2)36-31-24(27)13-14-26(45-3)30(31)35/h4,6-10,13-14,17,21-23,25H,1,5,11-12,15-16,18-19H2,2-3H3,(H,37,41)(H,38,42)/t21?,22-,25+,34-/m1/s1. The fourth-order valence-corrected chi connectivity index (χ4v) is 8.10. The molecule has 3 fully saturated rings. The number of halogens is 1. The first kappa shape index (κ1) is 33.7. The van der Waals surface area contributed by atoms with Crippen molar-refractivity contribution in [2.45, 2.75) is 62.0 Å². The number of benzene rings is 2. The van der Waals surface area contributed by atoms with E-state index in [1.165, 1.54) is 11.0 Å². The van der Waals surface area contributed by atoms with Crippen molar-refractivity contribution >= 4 is 54.6 Å². The summed E-state index contributed by atoms with van der Waals surface area (Å²) in [6.07, 6.45) is 2.25. The largest absolute Gasteiger partial charge is 0.495 e. The van der Waals surface area contributed by atoms with Crippen LogP contribution in [-0.4, -0.2) is 79.2 Å². The Balaban J connectivity index is 1.28. The lowest BCUT2D eigenvalue weighted by atomic mass is 10.1. The molecule has 2 aromatic carbocycles. The number of sulfonamides is 1. The molecule has 2 N–H and O–H groups in total. The van der Waals surface area contributed by atoms with E-state index >= 15 is 0 Å². The van der Waals surface area contributed by atoms with Crippen LogP contribution in [0.1, 0.15) is 38.2 Å². The minimum absolute atomic E-state index is 0.0529. The minimum atomic E-state index is -3.85. The number of carbonyl (C=O) groups is 3. The molecule has 254 valence electrons. The second kappa shape index (κ2) is 13.4. The van der Waals surface area contributed by atoms with Crippen molar-refractivity contribution in [2.24, 2.45) is 5.92 Å². The number of pyridine rings is 1. The van der Waals surface area contributed by atoms with Crippen LogP contribution in [0.25, 0.3) is 10.9 Å². The summed E-state index contributed by atoms with van der Waals surface area (Å²) in [7, 11) is -2.29. The van der Waals surface area contributed by atoms with Gasteiger partial charge >= 0.3 is 0 Å². The summed E-state index contributed by atoms with van der Waals surface area (Å²) in [6.45, 7) is 6.07. The first-order valence-electron chi connectivity index (χ1n) is 15.8. The molecule has 1 aromatic heterocycles. The van der Waals surface area contributed by atoms with Gasteiger partial charge in [0.25, 0.3) is 5.91 Å². The molecule has 2 saturated carbocycles. The van der Waals surface area contributed by atoms with Crippen molar-refractivity contribution in [3.8, 4) is 17.4 Å². The van der Waals surface area contributed by atoms with Gasteiger partial charge in [0.15, 0.2) is 0 Å². The minimum Gasteiger partial charge on any atom is -0.495 e. The third kappa shape index (κ3) is 6.73. The third-order valence-electron chi connectivity index (χ3n) is 8.96. The number of aromatic nitrogens is 1. The molecule has 6 rings (SSSR count). The van der Waals surface area contributed by atoms with Crippen molar-refractivity contribution in [2.75, 3.05) is 20.3 Å². The van der Waals surface area contributed by atoms with E-state index in [1.54, 1.807) is 19.2 Å². The van der Waals surface area contributed by atoms with Crippen LogP contribution in [-0.2, 0) is 30.8 Å². The first-order valence-corrected chi connectivity index (χ1v) is 18.1. The lowest BCUT2D eigenvalue weighted by Gasteiger charge is -2.26. The zero-order chi connectivity index (χ0) is 34.2. The summed E-state index contributed by atoms with van der Waals surface area (Å²) in [6, 6.07) is 13.5. The molecule has 48 heavy (non-hydrogen) atoms. The molecule has 4 atom stereocenters. The van der Waals surface area contributed by atoms with Crippen molar-refractivity contribution in [1.82, 2.24) is 19.9 Å². The number of hydrogen-bond acceptors (Lipinski definition) is 9. The number of likely N-dealkylation sites (tertiary alicyclic amines) is 1. The fourth-order valence-electron chi connectivity index (χ4n) is 6.14. The summed E-state index contributed by atoms with van der Waals surface area (Å²) in [4.78, 5) is 47.2. The maximum absolute atomic E-state index is 14.0. The second-order valence-corrected chi connectivity index (χ2v) is 15.0. The molecule has 1 saturated heterocycles. The van der Waals surface area contributed by atoms with Crippen LogP contribution in [0.2, 0.25) is 0 Å². The normalized spacial score (nSPS) is 23.3. The highest BCUT2D eigenvalue weighted by Gasteiger charge is 2.62. The van der Waals surface area contributed by atoms with Crippen LogP contribution in [0.3, 0.4) is 0 Å². The molecule has 0 spiro atoms. The van der Waals surface area contributed by atoms with Gasteiger partial charge in [0.1, 0.15) is 29.2 Å². The lowest BCUT2D eigenvalue weighted by Crippen LogP contribution is -2.56. The Morgan fingerprint density at radius 1 is 1.15 bits per heavy atom. The summed E-state index contributed by atoms with van der Waals surface area (Å²) in [5, 5.41) is 2.87. The molecular formula is C34H37BrN4O8S. The summed E-state index contributed by atoms with van der Waals surface area (Å²) < 4.78 is 45.7. The van der Waals surface area contributed by atoms with Gasteiger partial charge in [-0.05, 0) is 59.8 Å². The first-order chi connectivity index (χ1) is 23.0. The highest BCUT2D eigenvalue weighted by atomic mass is 79.9. The van der Waals surface area contributed by atoms with Gasteiger partial charge in [-0.1, -0.05) is 36.4 Å². The molecule has 0 radical (unpaired) electrons. The van der Waals surface area contributed by atoms with Gasteiger partial charge < -0.3 is 24.4 Å². The van der Waals surface area contributed by atoms with Gasteiger partial charge in [-0.3, -0.25) is 19.1 Å². The molecule has 3 aromatic rings. The van der Waals surface area contributed by atoms with Crippen LogP contribution < -0.4 is 24.2 Å². The molecule has 14 heteroatoms. The van der Waals surface area contributed by atoms with E-state index in [9.17, 15) is 22.8 Å². The van der Waals surface area contributed by atoms with Crippen LogP contribution in [0.5, 0.6) is 17.4 Å².